The lowest BCUT2D eigenvalue weighted by Crippen LogP contribution is -2.23. The number of amides is 1. The first-order valence-corrected chi connectivity index (χ1v) is 10.7. The van der Waals surface area contributed by atoms with E-state index in [9.17, 15) is 4.79 Å². The van der Waals surface area contributed by atoms with Crippen LogP contribution >= 0.6 is 0 Å². The number of nitrogens with one attached hydrogen (secondary N) is 1. The Morgan fingerprint density at radius 2 is 1.78 bits per heavy atom. The average Bonchev–Trinajstić information content (AvgIpc) is 3.31. The number of imidazole rings is 1. The Balaban J connectivity index is 1.47. The number of nitrogens with two attached hydrogens (primary N) is 1. The summed E-state index contributed by atoms with van der Waals surface area (Å²) in [6.07, 6.45) is 1.98. The third kappa shape index (κ3) is 5.15. The van der Waals surface area contributed by atoms with E-state index in [1.54, 1.807) is 0 Å². The maximum Gasteiger partial charge on any atom is 0.266 e. The Hall–Kier alpha value is -3.64. The molecule has 0 radical (unpaired) electrons. The van der Waals surface area contributed by atoms with Crippen LogP contribution in [-0.4, -0.2) is 28.6 Å². The van der Waals surface area contributed by atoms with Crippen molar-refractivity contribution in [1.29, 1.82) is 0 Å². The van der Waals surface area contributed by atoms with Crippen LogP contribution in [0.1, 0.15) is 41.1 Å². The Kier molecular flexibility index (Phi) is 6.82. The van der Waals surface area contributed by atoms with Crippen LogP contribution in [0.25, 0.3) is 10.8 Å². The molecule has 0 fully saturated rings. The Morgan fingerprint density at radius 3 is 2.56 bits per heavy atom. The summed E-state index contributed by atoms with van der Waals surface area (Å²) in [5, 5.41) is 2.21. The SMILES string of the molecule is C[C@H](OCc1ccccc1)[C@H](CCOc1cccc2ccccc12)c1ncc(C(N)=O)[nH]1. The number of ether oxygens (including phenoxy) is 2. The number of carbonyl (C=O) groups is 1. The van der Waals surface area contributed by atoms with Crippen LogP contribution < -0.4 is 10.5 Å². The van der Waals surface area contributed by atoms with Crippen molar-refractivity contribution in [2.24, 2.45) is 5.73 Å². The Morgan fingerprint density at radius 1 is 1.03 bits per heavy atom. The first-order chi connectivity index (χ1) is 15.6. The molecule has 0 saturated heterocycles. The molecule has 0 spiro atoms. The molecule has 0 unspecified atom stereocenters. The van der Waals surface area contributed by atoms with Crippen LogP contribution in [0, 0.1) is 0 Å². The molecule has 32 heavy (non-hydrogen) atoms. The maximum atomic E-state index is 11.5. The zero-order valence-electron chi connectivity index (χ0n) is 18.0. The lowest BCUT2D eigenvalue weighted by Gasteiger charge is -2.23. The molecule has 1 aromatic heterocycles. The molecule has 0 saturated carbocycles. The number of aromatic amines is 1. The monoisotopic (exact) mass is 429 g/mol. The molecule has 0 aliphatic rings. The van der Waals surface area contributed by atoms with Gasteiger partial charge in [0.15, 0.2) is 0 Å². The fourth-order valence-corrected chi connectivity index (χ4v) is 3.78. The molecular weight excluding hydrogens is 402 g/mol. The van der Waals surface area contributed by atoms with E-state index in [1.165, 1.54) is 6.20 Å². The molecule has 1 heterocycles. The molecule has 0 aliphatic heterocycles. The van der Waals surface area contributed by atoms with Gasteiger partial charge in [-0.1, -0.05) is 66.7 Å². The molecular formula is C26H27N3O3. The molecule has 3 N–H and O–H groups in total. The second kappa shape index (κ2) is 10.1. The number of primary amides is 1. The summed E-state index contributed by atoms with van der Waals surface area (Å²) in [6.45, 7) is 2.98. The largest absolute Gasteiger partial charge is 0.493 e. The zero-order chi connectivity index (χ0) is 22.3. The zero-order valence-corrected chi connectivity index (χ0v) is 18.0. The predicted molar refractivity (Wildman–Crippen MR) is 125 cm³/mol. The van der Waals surface area contributed by atoms with E-state index in [1.807, 2.05) is 61.5 Å². The van der Waals surface area contributed by atoms with Crippen molar-refractivity contribution in [2.75, 3.05) is 6.61 Å². The molecule has 6 nitrogen and oxygen atoms in total. The number of H-pyrrole nitrogens is 1. The van der Waals surface area contributed by atoms with Crippen molar-refractivity contribution < 1.29 is 14.3 Å². The number of nitrogens with zero attached hydrogens (tertiary/aromatic N) is 1. The molecule has 2 atom stereocenters. The van der Waals surface area contributed by atoms with Crippen molar-refractivity contribution in [3.05, 3.63) is 96.1 Å². The summed E-state index contributed by atoms with van der Waals surface area (Å²) in [5.74, 6) is 0.881. The predicted octanol–water partition coefficient (Wildman–Crippen LogP) is 4.82. The molecule has 0 aliphatic carbocycles. The number of carbonyl (C=O) groups excluding carboxylic acids is 1. The third-order valence-corrected chi connectivity index (χ3v) is 5.57. The minimum atomic E-state index is -0.535. The van der Waals surface area contributed by atoms with Crippen LogP contribution in [-0.2, 0) is 11.3 Å². The van der Waals surface area contributed by atoms with Gasteiger partial charge in [0.1, 0.15) is 17.3 Å². The first kappa shape index (κ1) is 21.6. The number of fused-ring (bicyclic) bond motifs is 1. The van der Waals surface area contributed by atoms with Gasteiger partial charge in [-0.3, -0.25) is 4.79 Å². The molecule has 4 aromatic rings. The van der Waals surface area contributed by atoms with Gasteiger partial charge in [-0.15, -0.1) is 0 Å². The van der Waals surface area contributed by atoms with Gasteiger partial charge in [0.25, 0.3) is 5.91 Å². The average molecular weight is 430 g/mol. The number of aromatic nitrogens is 2. The van der Waals surface area contributed by atoms with Gasteiger partial charge in [0.2, 0.25) is 0 Å². The number of rotatable bonds is 10. The van der Waals surface area contributed by atoms with E-state index in [0.717, 1.165) is 22.1 Å². The van der Waals surface area contributed by atoms with Crippen LogP contribution in [0.5, 0.6) is 5.75 Å². The van der Waals surface area contributed by atoms with E-state index in [0.29, 0.717) is 25.5 Å². The number of hydrogen-bond acceptors (Lipinski definition) is 4. The van der Waals surface area contributed by atoms with Crippen molar-refractivity contribution in [3.8, 4) is 5.75 Å². The van der Waals surface area contributed by atoms with Crippen molar-refractivity contribution in [2.45, 2.75) is 32.0 Å². The number of benzene rings is 3. The van der Waals surface area contributed by atoms with Crippen molar-refractivity contribution >= 4 is 16.7 Å². The van der Waals surface area contributed by atoms with E-state index in [-0.39, 0.29) is 17.7 Å². The summed E-state index contributed by atoms with van der Waals surface area (Å²) in [7, 11) is 0. The quantitative estimate of drug-likeness (QED) is 0.378. The van der Waals surface area contributed by atoms with Crippen molar-refractivity contribution in [3.63, 3.8) is 0 Å². The highest BCUT2D eigenvalue weighted by Gasteiger charge is 2.24. The Labute approximate surface area is 187 Å². The lowest BCUT2D eigenvalue weighted by atomic mass is 9.99. The summed E-state index contributed by atoms with van der Waals surface area (Å²) in [4.78, 5) is 19.0. The van der Waals surface area contributed by atoms with E-state index in [4.69, 9.17) is 15.2 Å². The van der Waals surface area contributed by atoms with Gasteiger partial charge in [0, 0.05) is 11.3 Å². The van der Waals surface area contributed by atoms with Gasteiger partial charge < -0.3 is 20.2 Å². The molecule has 1 amide bonds. The highest BCUT2D eigenvalue weighted by molar-refractivity contribution is 5.90. The molecule has 6 heteroatoms. The van der Waals surface area contributed by atoms with Gasteiger partial charge in [-0.2, -0.15) is 0 Å². The Bertz CT molecular complexity index is 1170. The standard InChI is InChI=1S/C26H27N3O3/c1-18(32-17-19-8-3-2-4-9-19)21(26-28-16-23(29-26)25(27)30)14-15-31-24-13-7-11-20-10-5-6-12-22(20)24/h2-13,16,18,21H,14-15,17H2,1H3,(H2,27,30)(H,28,29)/t18-,21-/m0/s1. The van der Waals surface area contributed by atoms with E-state index in [2.05, 4.69) is 28.2 Å². The normalized spacial score (nSPS) is 13.0. The number of hydrogen-bond donors (Lipinski definition) is 2. The minimum absolute atomic E-state index is 0.0956. The van der Waals surface area contributed by atoms with Crippen LogP contribution in [0.4, 0.5) is 0 Å². The van der Waals surface area contributed by atoms with Gasteiger partial charge in [-0.05, 0) is 30.4 Å². The molecule has 164 valence electrons. The lowest BCUT2D eigenvalue weighted by molar-refractivity contribution is 0.0277. The van der Waals surface area contributed by atoms with Gasteiger partial charge in [-0.25, -0.2) is 4.98 Å². The maximum absolute atomic E-state index is 11.5. The summed E-state index contributed by atoms with van der Waals surface area (Å²) < 4.78 is 12.3. The molecule has 3 aromatic carbocycles. The topological polar surface area (TPSA) is 90.2 Å². The van der Waals surface area contributed by atoms with Crippen molar-refractivity contribution in [1.82, 2.24) is 9.97 Å². The molecule has 4 rings (SSSR count). The van der Waals surface area contributed by atoms with Gasteiger partial charge in [0.05, 0.1) is 25.5 Å². The highest BCUT2D eigenvalue weighted by Crippen LogP contribution is 2.28. The second-order valence-electron chi connectivity index (χ2n) is 7.77. The van der Waals surface area contributed by atoms with Crippen LogP contribution in [0.3, 0.4) is 0 Å². The van der Waals surface area contributed by atoms with E-state index >= 15 is 0 Å². The third-order valence-electron chi connectivity index (χ3n) is 5.57. The summed E-state index contributed by atoms with van der Waals surface area (Å²) in [6, 6.07) is 24.2. The van der Waals surface area contributed by atoms with E-state index < -0.39 is 5.91 Å². The summed E-state index contributed by atoms with van der Waals surface area (Å²) >= 11 is 0. The minimum Gasteiger partial charge on any atom is -0.493 e. The van der Waals surface area contributed by atoms with Gasteiger partial charge >= 0.3 is 0 Å². The second-order valence-corrected chi connectivity index (χ2v) is 7.77. The van der Waals surface area contributed by atoms with Crippen LogP contribution in [0.2, 0.25) is 0 Å². The fourth-order valence-electron chi connectivity index (χ4n) is 3.78. The van der Waals surface area contributed by atoms with Crippen LogP contribution in [0.15, 0.2) is 79.0 Å². The highest BCUT2D eigenvalue weighted by atomic mass is 16.5. The summed E-state index contributed by atoms with van der Waals surface area (Å²) in [5.41, 5.74) is 6.79. The smallest absolute Gasteiger partial charge is 0.266 e. The first-order valence-electron chi connectivity index (χ1n) is 10.7. The fraction of sp³-hybridized carbons (Fsp3) is 0.231. The molecule has 0 bridgehead atoms.